The van der Waals surface area contributed by atoms with E-state index in [0.29, 0.717) is 10.0 Å². The van der Waals surface area contributed by atoms with Crippen LogP contribution < -0.4 is 21.1 Å². The second kappa shape index (κ2) is 8.53. The number of benzene rings is 1. The van der Waals surface area contributed by atoms with Crippen molar-refractivity contribution in [1.29, 1.82) is 0 Å². The third kappa shape index (κ3) is 6.50. The summed E-state index contributed by atoms with van der Waals surface area (Å²) in [4.78, 5) is 22.4. The van der Waals surface area contributed by atoms with E-state index >= 15 is 0 Å². The molecule has 1 rings (SSSR count). The number of rotatable bonds is 7. The average molecular weight is 366 g/mol. The molecule has 0 aromatic heterocycles. The average Bonchev–Trinajstić information content (AvgIpc) is 2.44. The second-order valence-electron chi connectivity index (χ2n) is 3.89. The zero-order valence-electron chi connectivity index (χ0n) is 10.9. The van der Waals surface area contributed by atoms with Gasteiger partial charge in [-0.1, -0.05) is 15.9 Å². The molecule has 0 atom stereocenters. The van der Waals surface area contributed by atoms with Crippen LogP contribution in [0.2, 0.25) is 0 Å². The van der Waals surface area contributed by atoms with E-state index in [4.69, 9.17) is 5.73 Å². The van der Waals surface area contributed by atoms with Crippen LogP contribution in [0.3, 0.4) is 0 Å². The van der Waals surface area contributed by atoms with Crippen LogP contribution in [0.25, 0.3) is 0 Å². The van der Waals surface area contributed by atoms with E-state index in [-0.39, 0.29) is 25.4 Å². The minimum absolute atomic E-state index is 0.0151. The SMILES string of the molecule is NCC(=O)NCC(=O)NCc1cc(Br)ccc1OC(F)F. The summed E-state index contributed by atoms with van der Waals surface area (Å²) in [5, 5.41) is 4.77. The lowest BCUT2D eigenvalue weighted by molar-refractivity contribution is -0.125. The lowest BCUT2D eigenvalue weighted by atomic mass is 10.2. The van der Waals surface area contributed by atoms with E-state index in [1.807, 2.05) is 0 Å². The molecule has 6 nitrogen and oxygen atoms in total. The first-order chi connectivity index (χ1) is 9.92. The van der Waals surface area contributed by atoms with Gasteiger partial charge in [0.1, 0.15) is 5.75 Å². The lowest BCUT2D eigenvalue weighted by Gasteiger charge is -2.12. The Morgan fingerprint density at radius 2 is 2.00 bits per heavy atom. The Bertz CT molecular complexity index is 515. The highest BCUT2D eigenvalue weighted by Gasteiger charge is 2.11. The van der Waals surface area contributed by atoms with Gasteiger partial charge in [0.05, 0.1) is 13.1 Å². The number of ether oxygens (including phenoxy) is 1. The zero-order chi connectivity index (χ0) is 15.8. The van der Waals surface area contributed by atoms with Gasteiger partial charge < -0.3 is 21.1 Å². The summed E-state index contributed by atoms with van der Waals surface area (Å²) in [5.74, 6) is -0.964. The van der Waals surface area contributed by atoms with Gasteiger partial charge in [-0.25, -0.2) is 0 Å². The number of nitrogens with one attached hydrogen (secondary N) is 2. The summed E-state index contributed by atoms with van der Waals surface area (Å²) in [6, 6.07) is 4.47. The van der Waals surface area contributed by atoms with Crippen LogP contribution in [0.4, 0.5) is 8.78 Å². The molecule has 0 unspecified atom stereocenters. The van der Waals surface area contributed by atoms with Gasteiger partial charge >= 0.3 is 6.61 Å². The summed E-state index contributed by atoms with van der Waals surface area (Å²) in [7, 11) is 0. The Morgan fingerprint density at radius 1 is 1.29 bits per heavy atom. The number of amides is 2. The first kappa shape index (κ1) is 17.3. The fraction of sp³-hybridized carbons (Fsp3) is 0.333. The first-order valence-electron chi connectivity index (χ1n) is 5.89. The fourth-order valence-corrected chi connectivity index (χ4v) is 1.81. The van der Waals surface area contributed by atoms with E-state index < -0.39 is 18.4 Å². The standard InChI is InChI=1S/C12H14BrF2N3O3/c13-8-1-2-9(21-12(14)15)7(3-8)5-17-11(20)6-18-10(19)4-16/h1-3,12H,4-6,16H2,(H,17,20)(H,18,19). The summed E-state index contributed by atoms with van der Waals surface area (Å²) in [5.41, 5.74) is 5.45. The van der Waals surface area contributed by atoms with E-state index in [1.165, 1.54) is 6.07 Å². The Labute approximate surface area is 128 Å². The molecule has 0 radical (unpaired) electrons. The Balaban J connectivity index is 2.59. The second-order valence-corrected chi connectivity index (χ2v) is 4.80. The molecule has 0 heterocycles. The third-order valence-electron chi connectivity index (χ3n) is 2.35. The molecule has 0 saturated heterocycles. The summed E-state index contributed by atoms with van der Waals surface area (Å²) in [6.07, 6.45) is 0. The van der Waals surface area contributed by atoms with Gasteiger partial charge in [-0.2, -0.15) is 8.78 Å². The smallest absolute Gasteiger partial charge is 0.387 e. The number of carbonyl (C=O) groups is 2. The highest BCUT2D eigenvalue weighted by molar-refractivity contribution is 9.10. The van der Waals surface area contributed by atoms with Gasteiger partial charge in [0, 0.05) is 16.6 Å². The predicted molar refractivity (Wildman–Crippen MR) is 74.7 cm³/mol. The highest BCUT2D eigenvalue weighted by atomic mass is 79.9. The molecule has 4 N–H and O–H groups in total. The normalized spacial score (nSPS) is 10.3. The lowest BCUT2D eigenvalue weighted by Crippen LogP contribution is -2.39. The van der Waals surface area contributed by atoms with Gasteiger partial charge in [-0.15, -0.1) is 0 Å². The molecule has 1 aromatic rings. The minimum atomic E-state index is -2.95. The molecular formula is C12H14BrF2N3O3. The molecule has 0 spiro atoms. The Hall–Kier alpha value is -1.74. The molecule has 0 bridgehead atoms. The maximum atomic E-state index is 12.3. The number of halogens is 3. The highest BCUT2D eigenvalue weighted by Crippen LogP contribution is 2.24. The van der Waals surface area contributed by atoms with Gasteiger partial charge in [-0.3, -0.25) is 9.59 Å². The maximum absolute atomic E-state index is 12.3. The number of hydrogen-bond acceptors (Lipinski definition) is 4. The van der Waals surface area contributed by atoms with E-state index in [0.717, 1.165) is 0 Å². The number of carbonyl (C=O) groups excluding carboxylic acids is 2. The predicted octanol–water partition coefficient (Wildman–Crippen LogP) is 0.742. The Kier molecular flexibility index (Phi) is 7.03. The number of hydrogen-bond donors (Lipinski definition) is 3. The van der Waals surface area contributed by atoms with Gasteiger partial charge in [0.25, 0.3) is 0 Å². The van der Waals surface area contributed by atoms with Crippen LogP contribution in [0, 0.1) is 0 Å². The van der Waals surface area contributed by atoms with Crippen LogP contribution in [0.1, 0.15) is 5.56 Å². The molecule has 116 valence electrons. The molecule has 1 aromatic carbocycles. The van der Waals surface area contributed by atoms with E-state index in [9.17, 15) is 18.4 Å². The van der Waals surface area contributed by atoms with Crippen molar-refractivity contribution in [3.63, 3.8) is 0 Å². The van der Waals surface area contributed by atoms with Crippen LogP contribution in [-0.4, -0.2) is 31.5 Å². The van der Waals surface area contributed by atoms with Crippen molar-refractivity contribution in [3.05, 3.63) is 28.2 Å². The van der Waals surface area contributed by atoms with Crippen molar-refractivity contribution in [1.82, 2.24) is 10.6 Å². The molecule has 0 saturated carbocycles. The van der Waals surface area contributed by atoms with Crippen molar-refractivity contribution in [2.75, 3.05) is 13.1 Å². The van der Waals surface area contributed by atoms with Crippen molar-refractivity contribution in [2.45, 2.75) is 13.2 Å². The molecule has 2 amide bonds. The zero-order valence-corrected chi connectivity index (χ0v) is 12.5. The maximum Gasteiger partial charge on any atom is 0.387 e. The molecular weight excluding hydrogens is 352 g/mol. The third-order valence-corrected chi connectivity index (χ3v) is 2.84. The van der Waals surface area contributed by atoms with Crippen molar-refractivity contribution >= 4 is 27.7 Å². The fourth-order valence-electron chi connectivity index (χ4n) is 1.40. The minimum Gasteiger partial charge on any atom is -0.434 e. The van der Waals surface area contributed by atoms with Gasteiger partial charge in [0.15, 0.2) is 0 Å². The summed E-state index contributed by atoms with van der Waals surface area (Å²) < 4.78 is 29.5. The van der Waals surface area contributed by atoms with E-state index in [2.05, 4.69) is 31.3 Å². The monoisotopic (exact) mass is 365 g/mol. The van der Waals surface area contributed by atoms with Crippen molar-refractivity contribution in [2.24, 2.45) is 5.73 Å². The van der Waals surface area contributed by atoms with Crippen molar-refractivity contribution < 1.29 is 23.1 Å². The van der Waals surface area contributed by atoms with Crippen LogP contribution >= 0.6 is 15.9 Å². The molecule has 0 aliphatic heterocycles. The van der Waals surface area contributed by atoms with Crippen LogP contribution in [0.5, 0.6) is 5.75 Å². The molecule has 9 heteroatoms. The first-order valence-corrected chi connectivity index (χ1v) is 6.68. The Morgan fingerprint density at radius 3 is 2.62 bits per heavy atom. The molecule has 0 aliphatic rings. The molecule has 0 fully saturated rings. The topological polar surface area (TPSA) is 93.5 Å². The quantitative estimate of drug-likeness (QED) is 0.664. The molecule has 0 aliphatic carbocycles. The van der Waals surface area contributed by atoms with Gasteiger partial charge in [0.2, 0.25) is 11.8 Å². The largest absolute Gasteiger partial charge is 0.434 e. The van der Waals surface area contributed by atoms with Crippen LogP contribution in [0.15, 0.2) is 22.7 Å². The molecule has 21 heavy (non-hydrogen) atoms. The number of alkyl halides is 2. The number of nitrogens with two attached hydrogens (primary N) is 1. The summed E-state index contributed by atoms with van der Waals surface area (Å²) in [6.45, 7) is -3.43. The van der Waals surface area contributed by atoms with Gasteiger partial charge in [-0.05, 0) is 18.2 Å². The van der Waals surface area contributed by atoms with Crippen molar-refractivity contribution in [3.8, 4) is 5.75 Å². The van der Waals surface area contributed by atoms with Crippen LogP contribution in [-0.2, 0) is 16.1 Å². The summed E-state index contributed by atoms with van der Waals surface area (Å²) >= 11 is 3.20. The van der Waals surface area contributed by atoms with E-state index in [1.54, 1.807) is 12.1 Å².